The van der Waals surface area contributed by atoms with E-state index < -0.39 is 24.3 Å². The maximum Gasteiger partial charge on any atom is 0.310 e. The summed E-state index contributed by atoms with van der Waals surface area (Å²) in [5, 5.41) is 16.2. The number of carbonyl (C=O) groups excluding carboxylic acids is 2. The molecule has 1 aliphatic carbocycles. The van der Waals surface area contributed by atoms with E-state index in [1.165, 1.54) is 30.9 Å². The number of nitriles is 1. The topological polar surface area (TPSA) is 91.0 Å². The standard InChI is InChI=1S/C18H20N2O3/c1-12(20)16(10-19)17(21)11-23-18(22)9-13-6-7-14-4-2-3-5-15(14)8-13/h6-8,16,20H,2-5,9,11H2,1H3. The SMILES string of the molecule is CC(=N)C(C#N)C(=O)COC(=O)Cc1ccc2c(c1)CCCC2. The van der Waals surface area contributed by atoms with Crippen molar-refractivity contribution in [3.8, 4) is 6.07 Å². The van der Waals surface area contributed by atoms with Gasteiger partial charge in [-0.05, 0) is 49.3 Å². The maximum absolute atomic E-state index is 11.9. The average Bonchev–Trinajstić information content (AvgIpc) is 2.53. The van der Waals surface area contributed by atoms with Gasteiger partial charge in [-0.2, -0.15) is 5.26 Å². The van der Waals surface area contributed by atoms with Crippen LogP contribution in [0.2, 0.25) is 0 Å². The quantitative estimate of drug-likeness (QED) is 0.645. The molecule has 0 aromatic heterocycles. The Bertz CT molecular complexity index is 673. The van der Waals surface area contributed by atoms with Crippen molar-refractivity contribution in [1.29, 1.82) is 10.7 Å². The van der Waals surface area contributed by atoms with Crippen LogP contribution in [0, 0.1) is 22.7 Å². The van der Waals surface area contributed by atoms with Gasteiger partial charge < -0.3 is 10.1 Å². The van der Waals surface area contributed by atoms with Gasteiger partial charge in [0.2, 0.25) is 0 Å². The molecular formula is C18H20N2O3. The Morgan fingerprint density at radius 3 is 2.65 bits per heavy atom. The first-order valence-electron chi connectivity index (χ1n) is 7.75. The van der Waals surface area contributed by atoms with Gasteiger partial charge in [0.05, 0.1) is 12.5 Å². The number of fused-ring (bicyclic) bond motifs is 1. The third-order valence-electron chi connectivity index (χ3n) is 4.02. The fraction of sp³-hybridized carbons (Fsp3) is 0.444. The molecule has 23 heavy (non-hydrogen) atoms. The molecule has 0 aliphatic heterocycles. The zero-order chi connectivity index (χ0) is 16.8. The van der Waals surface area contributed by atoms with Crippen molar-refractivity contribution in [3.05, 3.63) is 34.9 Å². The summed E-state index contributed by atoms with van der Waals surface area (Å²) in [4.78, 5) is 23.6. The van der Waals surface area contributed by atoms with Gasteiger partial charge >= 0.3 is 5.97 Å². The zero-order valence-electron chi connectivity index (χ0n) is 13.2. The largest absolute Gasteiger partial charge is 0.457 e. The Morgan fingerprint density at radius 1 is 1.30 bits per heavy atom. The molecule has 0 bridgehead atoms. The summed E-state index contributed by atoms with van der Waals surface area (Å²) in [6.07, 6.45) is 4.63. The summed E-state index contributed by atoms with van der Waals surface area (Å²) >= 11 is 0. The van der Waals surface area contributed by atoms with Crippen LogP contribution in [0.4, 0.5) is 0 Å². The molecule has 1 atom stereocenters. The number of rotatable bonds is 6. The predicted octanol–water partition coefficient (Wildman–Crippen LogP) is 2.40. The summed E-state index contributed by atoms with van der Waals surface area (Å²) in [7, 11) is 0. The smallest absolute Gasteiger partial charge is 0.310 e. The minimum absolute atomic E-state index is 0.0387. The second-order valence-corrected chi connectivity index (χ2v) is 5.86. The minimum Gasteiger partial charge on any atom is -0.457 e. The van der Waals surface area contributed by atoms with Gasteiger partial charge in [0.15, 0.2) is 12.4 Å². The zero-order valence-corrected chi connectivity index (χ0v) is 13.2. The van der Waals surface area contributed by atoms with E-state index in [1.54, 1.807) is 6.07 Å². The number of hydrogen-bond acceptors (Lipinski definition) is 5. The molecule has 1 N–H and O–H groups in total. The Kier molecular flexibility index (Phi) is 5.64. The second kappa shape index (κ2) is 7.68. The highest BCUT2D eigenvalue weighted by Crippen LogP contribution is 2.22. The molecule has 0 amide bonds. The molecule has 2 rings (SSSR count). The molecule has 120 valence electrons. The summed E-state index contributed by atoms with van der Waals surface area (Å²) in [5.74, 6) is -2.18. The lowest BCUT2D eigenvalue weighted by Gasteiger charge is -2.16. The van der Waals surface area contributed by atoms with Crippen LogP contribution in [-0.2, 0) is 33.6 Å². The van der Waals surface area contributed by atoms with Gasteiger partial charge in [0.1, 0.15) is 5.92 Å². The molecule has 0 spiro atoms. The Balaban J connectivity index is 1.89. The van der Waals surface area contributed by atoms with Crippen LogP contribution < -0.4 is 0 Å². The van der Waals surface area contributed by atoms with E-state index in [0.29, 0.717) is 0 Å². The number of benzene rings is 1. The lowest BCUT2D eigenvalue weighted by molar-refractivity contribution is -0.147. The van der Waals surface area contributed by atoms with Gasteiger partial charge in [0, 0.05) is 5.71 Å². The lowest BCUT2D eigenvalue weighted by Crippen LogP contribution is -2.26. The normalized spacial score (nSPS) is 14.3. The van der Waals surface area contributed by atoms with Gasteiger partial charge in [-0.1, -0.05) is 18.2 Å². The molecule has 0 saturated heterocycles. The number of nitrogens with zero attached hydrogens (tertiary/aromatic N) is 1. The molecular weight excluding hydrogens is 292 g/mol. The maximum atomic E-state index is 11.9. The van der Waals surface area contributed by atoms with Crippen molar-refractivity contribution in [1.82, 2.24) is 0 Å². The summed E-state index contributed by atoms with van der Waals surface area (Å²) in [5.41, 5.74) is 3.48. The first kappa shape index (κ1) is 16.9. The van der Waals surface area contributed by atoms with E-state index in [9.17, 15) is 9.59 Å². The first-order chi connectivity index (χ1) is 11.0. The van der Waals surface area contributed by atoms with E-state index in [2.05, 4.69) is 6.07 Å². The van der Waals surface area contributed by atoms with Crippen LogP contribution in [-0.4, -0.2) is 24.1 Å². The van der Waals surface area contributed by atoms with Crippen molar-refractivity contribution in [2.24, 2.45) is 5.92 Å². The second-order valence-electron chi connectivity index (χ2n) is 5.86. The third kappa shape index (κ3) is 4.49. The Labute approximate surface area is 135 Å². The van der Waals surface area contributed by atoms with E-state index >= 15 is 0 Å². The molecule has 1 aliphatic rings. The van der Waals surface area contributed by atoms with Gasteiger partial charge in [-0.15, -0.1) is 0 Å². The van der Waals surface area contributed by atoms with Crippen molar-refractivity contribution in [2.45, 2.75) is 39.0 Å². The minimum atomic E-state index is -1.13. The van der Waals surface area contributed by atoms with Crippen LogP contribution in [0.15, 0.2) is 18.2 Å². The Hall–Kier alpha value is -2.48. The van der Waals surface area contributed by atoms with E-state index in [1.807, 2.05) is 12.1 Å². The number of carbonyl (C=O) groups is 2. The molecule has 5 heteroatoms. The van der Waals surface area contributed by atoms with Crippen LogP contribution in [0.5, 0.6) is 0 Å². The Morgan fingerprint density at radius 2 is 2.00 bits per heavy atom. The highest BCUT2D eigenvalue weighted by molar-refractivity contribution is 6.06. The monoisotopic (exact) mass is 312 g/mol. The summed E-state index contributed by atoms with van der Waals surface area (Å²) < 4.78 is 4.95. The molecule has 5 nitrogen and oxygen atoms in total. The molecule has 0 radical (unpaired) electrons. The molecule has 0 saturated carbocycles. The number of ether oxygens (including phenoxy) is 1. The highest BCUT2D eigenvalue weighted by atomic mass is 16.5. The van der Waals surface area contributed by atoms with Crippen LogP contribution in [0.3, 0.4) is 0 Å². The first-order valence-corrected chi connectivity index (χ1v) is 7.75. The van der Waals surface area contributed by atoms with Gasteiger partial charge in [0.25, 0.3) is 0 Å². The summed E-state index contributed by atoms with van der Waals surface area (Å²) in [6, 6.07) is 7.77. The third-order valence-corrected chi connectivity index (χ3v) is 4.02. The molecule has 0 heterocycles. The van der Waals surface area contributed by atoms with Crippen molar-refractivity contribution in [2.75, 3.05) is 6.61 Å². The highest BCUT2D eigenvalue weighted by Gasteiger charge is 2.21. The van der Waals surface area contributed by atoms with Crippen LogP contribution in [0.25, 0.3) is 0 Å². The van der Waals surface area contributed by atoms with E-state index in [4.69, 9.17) is 15.4 Å². The lowest BCUT2D eigenvalue weighted by atomic mass is 9.90. The average molecular weight is 312 g/mol. The molecule has 0 fully saturated rings. The van der Waals surface area contributed by atoms with Crippen LogP contribution in [0.1, 0.15) is 36.5 Å². The van der Waals surface area contributed by atoms with Crippen molar-refractivity contribution in [3.63, 3.8) is 0 Å². The van der Waals surface area contributed by atoms with Gasteiger partial charge in [-0.25, -0.2) is 0 Å². The molecule has 1 unspecified atom stereocenters. The number of aryl methyl sites for hydroxylation is 2. The fourth-order valence-electron chi connectivity index (χ4n) is 2.76. The number of nitrogens with one attached hydrogen (secondary N) is 1. The molecule has 1 aromatic rings. The van der Waals surface area contributed by atoms with Crippen molar-refractivity contribution >= 4 is 17.5 Å². The number of Topliss-reactive ketones (excluding diaryl/α,β-unsaturated/α-hetero) is 1. The summed E-state index contributed by atoms with van der Waals surface area (Å²) in [6.45, 7) is 0.930. The number of ketones is 1. The van der Waals surface area contributed by atoms with Gasteiger partial charge in [-0.3, -0.25) is 9.59 Å². The molecule has 1 aromatic carbocycles. The predicted molar refractivity (Wildman–Crippen MR) is 85.3 cm³/mol. The van der Waals surface area contributed by atoms with Crippen LogP contribution >= 0.6 is 0 Å². The van der Waals surface area contributed by atoms with E-state index in [0.717, 1.165) is 18.4 Å². The fourth-order valence-corrected chi connectivity index (χ4v) is 2.76. The van der Waals surface area contributed by atoms with E-state index in [-0.39, 0.29) is 12.1 Å². The number of hydrogen-bond donors (Lipinski definition) is 1. The van der Waals surface area contributed by atoms with Crippen molar-refractivity contribution < 1.29 is 14.3 Å². The number of esters is 1.